The summed E-state index contributed by atoms with van der Waals surface area (Å²) in [6, 6.07) is 5.03. The van der Waals surface area contributed by atoms with E-state index in [-0.39, 0.29) is 38.1 Å². The summed E-state index contributed by atoms with van der Waals surface area (Å²) in [5.74, 6) is -0.353. The maximum atomic E-state index is 12.2. The first-order valence-electron chi connectivity index (χ1n) is 6.09. The smallest absolute Gasteiger partial charge is 0.254 e. The normalized spacial score (nSPS) is 13.1. The van der Waals surface area contributed by atoms with Crippen molar-refractivity contribution in [3.8, 4) is 0 Å². The fraction of sp³-hybridized carbons (Fsp3) is 0.385. The van der Waals surface area contributed by atoms with Gasteiger partial charge in [-0.25, -0.2) is 0 Å². The highest BCUT2D eigenvalue weighted by Gasteiger charge is 2.21. The van der Waals surface area contributed by atoms with E-state index >= 15 is 0 Å². The van der Waals surface area contributed by atoms with Crippen molar-refractivity contribution >= 4 is 17.5 Å². The lowest BCUT2D eigenvalue weighted by atomic mass is 10.1. The number of nitrogens with one attached hydrogen (secondary N) is 1. The van der Waals surface area contributed by atoms with Gasteiger partial charge in [0, 0.05) is 24.3 Å². The van der Waals surface area contributed by atoms with Gasteiger partial charge >= 0.3 is 0 Å². The second-order valence-corrected chi connectivity index (χ2v) is 4.34. The highest BCUT2D eigenvalue weighted by Crippen LogP contribution is 2.24. The van der Waals surface area contributed by atoms with E-state index in [2.05, 4.69) is 5.32 Å². The number of amides is 2. The third-order valence-electron chi connectivity index (χ3n) is 3.01. The Balaban J connectivity index is 2.19. The van der Waals surface area contributed by atoms with Crippen molar-refractivity contribution in [2.24, 2.45) is 0 Å². The van der Waals surface area contributed by atoms with E-state index in [1.165, 1.54) is 4.90 Å². The molecule has 0 fully saturated rings. The fourth-order valence-corrected chi connectivity index (χ4v) is 2.09. The van der Waals surface area contributed by atoms with E-state index in [4.69, 9.17) is 10.2 Å². The molecule has 1 heterocycles. The number of aliphatic hydroxyl groups excluding tert-OH is 2. The van der Waals surface area contributed by atoms with Gasteiger partial charge in [0.1, 0.15) is 0 Å². The number of nitrogens with zero attached hydrogens (tertiary/aromatic N) is 1. The summed E-state index contributed by atoms with van der Waals surface area (Å²) >= 11 is 0. The van der Waals surface area contributed by atoms with Crippen LogP contribution < -0.4 is 5.32 Å². The van der Waals surface area contributed by atoms with Crippen molar-refractivity contribution in [2.45, 2.75) is 6.42 Å². The van der Waals surface area contributed by atoms with Crippen molar-refractivity contribution in [3.05, 3.63) is 29.3 Å². The molecule has 0 atom stereocenters. The molecule has 1 aliphatic heterocycles. The molecule has 102 valence electrons. The monoisotopic (exact) mass is 264 g/mol. The van der Waals surface area contributed by atoms with E-state index in [1.807, 2.05) is 0 Å². The van der Waals surface area contributed by atoms with Gasteiger partial charge in [-0.05, 0) is 17.7 Å². The molecule has 19 heavy (non-hydrogen) atoms. The standard InChI is InChI=1S/C13H16N2O4/c16-5-3-15(4-6-17)13(19)10-2-1-9-8-12(18)14-11(9)7-10/h1-2,7,16-17H,3-6,8H2,(H,14,18). The van der Waals surface area contributed by atoms with Crippen molar-refractivity contribution in [1.29, 1.82) is 0 Å². The Bertz CT molecular complexity index is 495. The molecule has 1 aromatic carbocycles. The first-order chi connectivity index (χ1) is 9.15. The molecule has 1 aliphatic rings. The molecule has 0 aromatic heterocycles. The number of carbonyl (C=O) groups is 2. The van der Waals surface area contributed by atoms with Crippen LogP contribution in [0.3, 0.4) is 0 Å². The van der Waals surface area contributed by atoms with Gasteiger partial charge in [0.15, 0.2) is 0 Å². The van der Waals surface area contributed by atoms with Crippen LogP contribution in [0.4, 0.5) is 5.69 Å². The Hall–Kier alpha value is -1.92. The zero-order valence-corrected chi connectivity index (χ0v) is 10.4. The van der Waals surface area contributed by atoms with Gasteiger partial charge < -0.3 is 20.4 Å². The SMILES string of the molecule is O=C1Cc2ccc(C(=O)N(CCO)CCO)cc2N1. The lowest BCUT2D eigenvalue weighted by Crippen LogP contribution is -2.35. The van der Waals surface area contributed by atoms with Crippen molar-refractivity contribution in [1.82, 2.24) is 4.90 Å². The minimum Gasteiger partial charge on any atom is -0.395 e. The molecule has 3 N–H and O–H groups in total. The minimum atomic E-state index is -0.271. The van der Waals surface area contributed by atoms with Crippen molar-refractivity contribution in [3.63, 3.8) is 0 Å². The number of benzene rings is 1. The molecule has 0 radical (unpaired) electrons. The Labute approximate surface area is 110 Å². The maximum Gasteiger partial charge on any atom is 0.254 e. The Morgan fingerprint density at radius 1 is 1.26 bits per heavy atom. The van der Waals surface area contributed by atoms with E-state index in [1.54, 1.807) is 18.2 Å². The molecule has 1 aromatic rings. The van der Waals surface area contributed by atoms with Crippen LogP contribution in [0.2, 0.25) is 0 Å². The summed E-state index contributed by atoms with van der Waals surface area (Å²) < 4.78 is 0. The number of anilines is 1. The highest BCUT2D eigenvalue weighted by molar-refractivity contribution is 6.02. The summed E-state index contributed by atoms with van der Waals surface area (Å²) in [4.78, 5) is 24.8. The first-order valence-corrected chi connectivity index (χ1v) is 6.09. The lowest BCUT2D eigenvalue weighted by molar-refractivity contribution is -0.115. The van der Waals surface area contributed by atoms with Crippen molar-refractivity contribution < 1.29 is 19.8 Å². The third kappa shape index (κ3) is 2.91. The van der Waals surface area contributed by atoms with E-state index in [0.717, 1.165) is 5.56 Å². The van der Waals surface area contributed by atoms with Gasteiger partial charge in [0.2, 0.25) is 5.91 Å². The molecule has 0 saturated carbocycles. The summed E-state index contributed by atoms with van der Waals surface area (Å²) in [7, 11) is 0. The van der Waals surface area contributed by atoms with Crippen molar-refractivity contribution in [2.75, 3.05) is 31.6 Å². The molecule has 0 unspecified atom stereocenters. The average molecular weight is 264 g/mol. The van der Waals surface area contributed by atoms with Crippen LogP contribution in [0.15, 0.2) is 18.2 Å². The molecular weight excluding hydrogens is 248 g/mol. The summed E-state index contributed by atoms with van der Waals surface area (Å²) in [6.45, 7) is 0.0203. The molecule has 0 aliphatic carbocycles. The first kappa shape index (κ1) is 13.5. The average Bonchev–Trinajstić information content (AvgIpc) is 2.76. The Morgan fingerprint density at radius 2 is 1.95 bits per heavy atom. The largest absolute Gasteiger partial charge is 0.395 e. The van der Waals surface area contributed by atoms with E-state index in [0.29, 0.717) is 17.7 Å². The van der Waals surface area contributed by atoms with Gasteiger partial charge in [-0.3, -0.25) is 9.59 Å². The third-order valence-corrected chi connectivity index (χ3v) is 3.01. The maximum absolute atomic E-state index is 12.2. The second-order valence-electron chi connectivity index (χ2n) is 4.34. The van der Waals surface area contributed by atoms with Crippen LogP contribution in [0.5, 0.6) is 0 Å². The zero-order chi connectivity index (χ0) is 13.8. The number of fused-ring (bicyclic) bond motifs is 1. The summed E-state index contributed by atoms with van der Waals surface area (Å²) in [6.07, 6.45) is 0.334. The zero-order valence-electron chi connectivity index (χ0n) is 10.4. The molecule has 6 nitrogen and oxygen atoms in total. The molecule has 6 heteroatoms. The molecule has 2 amide bonds. The second kappa shape index (κ2) is 5.81. The topological polar surface area (TPSA) is 89.9 Å². The van der Waals surface area contributed by atoms with Crippen LogP contribution in [-0.4, -0.2) is 53.2 Å². The van der Waals surface area contributed by atoms with E-state index in [9.17, 15) is 9.59 Å². The lowest BCUT2D eigenvalue weighted by Gasteiger charge is -2.20. The number of aliphatic hydroxyl groups is 2. The van der Waals surface area contributed by atoms with Crippen LogP contribution in [0, 0.1) is 0 Å². The van der Waals surface area contributed by atoms with Gasteiger partial charge in [-0.2, -0.15) is 0 Å². The minimum absolute atomic E-state index is 0.0813. The molecule has 2 rings (SSSR count). The number of carbonyl (C=O) groups excluding carboxylic acids is 2. The molecule has 0 saturated heterocycles. The Kier molecular flexibility index (Phi) is 4.13. The van der Waals surface area contributed by atoms with Gasteiger partial charge in [0.05, 0.1) is 19.6 Å². The molecular formula is C13H16N2O4. The number of hydrogen-bond acceptors (Lipinski definition) is 4. The molecule has 0 spiro atoms. The highest BCUT2D eigenvalue weighted by atomic mass is 16.3. The molecule has 0 bridgehead atoms. The van der Waals surface area contributed by atoms with Crippen LogP contribution in [0.1, 0.15) is 15.9 Å². The number of rotatable bonds is 5. The van der Waals surface area contributed by atoms with Gasteiger partial charge in [-0.1, -0.05) is 6.07 Å². The fourth-order valence-electron chi connectivity index (χ4n) is 2.09. The van der Waals surface area contributed by atoms with E-state index < -0.39 is 0 Å². The summed E-state index contributed by atoms with van der Waals surface area (Å²) in [5.41, 5.74) is 1.96. The Morgan fingerprint density at radius 3 is 2.58 bits per heavy atom. The predicted molar refractivity (Wildman–Crippen MR) is 68.9 cm³/mol. The van der Waals surface area contributed by atoms with Gasteiger partial charge in [-0.15, -0.1) is 0 Å². The predicted octanol–water partition coefficient (Wildman–Crippen LogP) is -0.392. The van der Waals surface area contributed by atoms with Crippen LogP contribution >= 0.6 is 0 Å². The van der Waals surface area contributed by atoms with Gasteiger partial charge in [0.25, 0.3) is 5.91 Å². The summed E-state index contributed by atoms with van der Waals surface area (Å²) in [5, 5.41) is 20.5. The quantitative estimate of drug-likeness (QED) is 0.675. The van der Waals surface area contributed by atoms with Crippen LogP contribution in [0.25, 0.3) is 0 Å². The van der Waals surface area contributed by atoms with Crippen LogP contribution in [-0.2, 0) is 11.2 Å². The number of hydrogen-bond donors (Lipinski definition) is 3.